The zero-order chi connectivity index (χ0) is 21.0. The normalized spacial score (nSPS) is 15.6. The Morgan fingerprint density at radius 2 is 1.83 bits per heavy atom. The van der Waals surface area contributed by atoms with Crippen molar-refractivity contribution in [3.63, 3.8) is 0 Å². The van der Waals surface area contributed by atoms with Crippen molar-refractivity contribution in [2.45, 2.75) is 13.0 Å². The van der Waals surface area contributed by atoms with Crippen molar-refractivity contribution in [1.82, 2.24) is 4.98 Å². The Kier molecular flexibility index (Phi) is 4.22. The molecule has 0 bridgehead atoms. The lowest BCUT2D eigenvalue weighted by Gasteiger charge is -2.24. The molecule has 0 fully saturated rings. The number of phenolic OH excluding ortho intramolecular Hbond substituents is 1. The molecule has 4 aromatic rings. The molecular formula is C23H15BrN2O4. The van der Waals surface area contributed by atoms with Crippen LogP contribution in [0, 0.1) is 6.92 Å². The largest absolute Gasteiger partial charge is 0.508 e. The van der Waals surface area contributed by atoms with Crippen molar-refractivity contribution >= 4 is 38.6 Å². The number of amides is 1. The van der Waals surface area contributed by atoms with E-state index in [4.69, 9.17) is 4.42 Å². The standard InChI is InChI=1S/C23H15BrN2O4/c1-12-8-9-25-18(10-12)26-20(13-2-5-15(27)6-3-13)19-21(28)16-11-14(24)4-7-17(16)30-22(19)23(26)29/h2-11,20,27H,1H3. The van der Waals surface area contributed by atoms with Crippen molar-refractivity contribution < 1.29 is 14.3 Å². The number of anilines is 1. The number of carbonyl (C=O) groups is 1. The van der Waals surface area contributed by atoms with E-state index in [1.54, 1.807) is 42.6 Å². The van der Waals surface area contributed by atoms with Gasteiger partial charge in [0.1, 0.15) is 17.2 Å². The van der Waals surface area contributed by atoms with Gasteiger partial charge >= 0.3 is 0 Å². The molecule has 1 unspecified atom stereocenters. The van der Waals surface area contributed by atoms with Gasteiger partial charge in [-0.3, -0.25) is 14.5 Å². The first-order chi connectivity index (χ1) is 14.4. The molecule has 0 saturated heterocycles. The molecule has 1 aliphatic heterocycles. The van der Waals surface area contributed by atoms with Gasteiger partial charge < -0.3 is 9.52 Å². The third-order valence-electron chi connectivity index (χ3n) is 5.19. The van der Waals surface area contributed by atoms with E-state index in [0.29, 0.717) is 22.4 Å². The van der Waals surface area contributed by atoms with Gasteiger partial charge in [0, 0.05) is 10.7 Å². The maximum absolute atomic E-state index is 13.5. The number of aryl methyl sites for hydroxylation is 1. The molecule has 3 heterocycles. The first-order valence-corrected chi connectivity index (χ1v) is 10.0. The van der Waals surface area contributed by atoms with Crippen LogP contribution in [0.4, 0.5) is 5.82 Å². The van der Waals surface area contributed by atoms with E-state index in [-0.39, 0.29) is 22.5 Å². The number of aromatic hydroxyl groups is 1. The van der Waals surface area contributed by atoms with Crippen molar-refractivity contribution in [2.24, 2.45) is 0 Å². The molecule has 0 aliphatic carbocycles. The third-order valence-corrected chi connectivity index (χ3v) is 5.68. The molecule has 0 saturated carbocycles. The van der Waals surface area contributed by atoms with Gasteiger partial charge in [-0.25, -0.2) is 4.98 Å². The topological polar surface area (TPSA) is 83.6 Å². The Bertz CT molecular complexity index is 1380. The minimum Gasteiger partial charge on any atom is -0.508 e. The van der Waals surface area contributed by atoms with E-state index in [2.05, 4.69) is 20.9 Å². The molecule has 7 heteroatoms. The average molecular weight is 463 g/mol. The molecular weight excluding hydrogens is 448 g/mol. The molecule has 30 heavy (non-hydrogen) atoms. The van der Waals surface area contributed by atoms with Gasteiger partial charge in [0.25, 0.3) is 5.91 Å². The maximum atomic E-state index is 13.5. The molecule has 2 aromatic heterocycles. The van der Waals surface area contributed by atoms with Gasteiger partial charge in [-0.05, 0) is 60.5 Å². The number of hydrogen-bond donors (Lipinski definition) is 1. The molecule has 5 rings (SSSR count). The fraction of sp³-hybridized carbons (Fsp3) is 0.0870. The lowest BCUT2D eigenvalue weighted by atomic mass is 9.98. The second kappa shape index (κ2) is 6.81. The Hall–Kier alpha value is -3.45. The maximum Gasteiger partial charge on any atom is 0.296 e. The molecule has 1 N–H and O–H groups in total. The Balaban J connectivity index is 1.83. The summed E-state index contributed by atoms with van der Waals surface area (Å²) >= 11 is 3.39. The van der Waals surface area contributed by atoms with E-state index in [1.165, 1.54) is 17.0 Å². The number of rotatable bonds is 2. The smallest absolute Gasteiger partial charge is 0.296 e. The first kappa shape index (κ1) is 18.6. The van der Waals surface area contributed by atoms with Crippen LogP contribution in [0.15, 0.2) is 74.5 Å². The van der Waals surface area contributed by atoms with Gasteiger partial charge in [0.15, 0.2) is 5.43 Å². The highest BCUT2D eigenvalue weighted by molar-refractivity contribution is 9.10. The number of benzene rings is 2. The van der Waals surface area contributed by atoms with Gasteiger partial charge in [-0.2, -0.15) is 0 Å². The summed E-state index contributed by atoms with van der Waals surface area (Å²) in [5.74, 6) is 0.103. The van der Waals surface area contributed by atoms with E-state index in [0.717, 1.165) is 10.0 Å². The summed E-state index contributed by atoms with van der Waals surface area (Å²) in [7, 11) is 0. The number of phenols is 1. The number of nitrogens with zero attached hydrogens (tertiary/aromatic N) is 2. The second-order valence-electron chi connectivity index (χ2n) is 7.18. The number of halogens is 1. The summed E-state index contributed by atoms with van der Waals surface area (Å²) in [6, 6.07) is 14.4. The van der Waals surface area contributed by atoms with Gasteiger partial charge in [0.05, 0.1) is 17.0 Å². The zero-order valence-corrected chi connectivity index (χ0v) is 17.4. The van der Waals surface area contributed by atoms with Crippen molar-refractivity contribution in [2.75, 3.05) is 4.90 Å². The van der Waals surface area contributed by atoms with Crippen LogP contribution in [0.2, 0.25) is 0 Å². The second-order valence-corrected chi connectivity index (χ2v) is 8.09. The van der Waals surface area contributed by atoms with Crippen molar-refractivity contribution in [3.05, 3.63) is 97.9 Å². The quantitative estimate of drug-likeness (QED) is 0.466. The van der Waals surface area contributed by atoms with Crippen LogP contribution in [-0.4, -0.2) is 16.0 Å². The summed E-state index contributed by atoms with van der Waals surface area (Å²) in [4.78, 5) is 32.7. The van der Waals surface area contributed by atoms with Crippen LogP contribution in [0.5, 0.6) is 5.75 Å². The predicted molar refractivity (Wildman–Crippen MR) is 116 cm³/mol. The minimum absolute atomic E-state index is 0.0104. The summed E-state index contributed by atoms with van der Waals surface area (Å²) in [6.45, 7) is 1.91. The van der Waals surface area contributed by atoms with Crippen LogP contribution in [0.1, 0.15) is 33.3 Å². The van der Waals surface area contributed by atoms with E-state index < -0.39 is 11.9 Å². The molecule has 2 aromatic carbocycles. The van der Waals surface area contributed by atoms with Gasteiger partial charge in [-0.15, -0.1) is 0 Å². The highest BCUT2D eigenvalue weighted by Crippen LogP contribution is 2.41. The third kappa shape index (κ3) is 2.81. The highest BCUT2D eigenvalue weighted by Gasteiger charge is 2.44. The fourth-order valence-electron chi connectivity index (χ4n) is 3.81. The monoisotopic (exact) mass is 462 g/mol. The number of aromatic nitrogens is 1. The van der Waals surface area contributed by atoms with Crippen molar-refractivity contribution in [1.29, 1.82) is 0 Å². The van der Waals surface area contributed by atoms with Crippen LogP contribution >= 0.6 is 15.9 Å². The number of pyridine rings is 1. The van der Waals surface area contributed by atoms with E-state index in [9.17, 15) is 14.7 Å². The molecule has 0 radical (unpaired) electrons. The SMILES string of the molecule is Cc1ccnc(N2C(=O)c3oc4ccc(Br)cc4c(=O)c3C2c2ccc(O)cc2)c1. The molecule has 1 amide bonds. The summed E-state index contributed by atoms with van der Waals surface area (Å²) < 4.78 is 6.66. The number of hydrogen-bond acceptors (Lipinski definition) is 5. The highest BCUT2D eigenvalue weighted by atomic mass is 79.9. The molecule has 0 spiro atoms. The van der Waals surface area contributed by atoms with Crippen molar-refractivity contribution in [3.8, 4) is 5.75 Å². The van der Waals surface area contributed by atoms with Crippen LogP contribution in [-0.2, 0) is 0 Å². The summed E-state index contributed by atoms with van der Waals surface area (Å²) in [5, 5.41) is 10.1. The Labute approximate surface area is 179 Å². The Morgan fingerprint density at radius 3 is 2.57 bits per heavy atom. The van der Waals surface area contributed by atoms with Gasteiger partial charge in [0.2, 0.25) is 5.76 Å². The van der Waals surface area contributed by atoms with Gasteiger partial charge in [-0.1, -0.05) is 28.1 Å². The van der Waals surface area contributed by atoms with Crippen LogP contribution in [0.25, 0.3) is 11.0 Å². The number of fused-ring (bicyclic) bond motifs is 2. The molecule has 1 atom stereocenters. The van der Waals surface area contributed by atoms with E-state index >= 15 is 0 Å². The first-order valence-electron chi connectivity index (χ1n) is 9.25. The summed E-state index contributed by atoms with van der Waals surface area (Å²) in [5.41, 5.74) is 1.94. The van der Waals surface area contributed by atoms with Crippen LogP contribution in [0.3, 0.4) is 0 Å². The predicted octanol–water partition coefficient (Wildman–Crippen LogP) is 4.71. The fourth-order valence-corrected chi connectivity index (χ4v) is 4.17. The van der Waals surface area contributed by atoms with E-state index in [1.807, 2.05) is 13.0 Å². The minimum atomic E-state index is -0.720. The lowest BCUT2D eigenvalue weighted by molar-refractivity contribution is 0.0970. The number of carbonyl (C=O) groups excluding carboxylic acids is 1. The zero-order valence-electron chi connectivity index (χ0n) is 15.8. The molecule has 6 nitrogen and oxygen atoms in total. The molecule has 148 valence electrons. The average Bonchev–Trinajstić information content (AvgIpc) is 3.02. The Morgan fingerprint density at radius 1 is 1.07 bits per heavy atom. The lowest BCUT2D eigenvalue weighted by Crippen LogP contribution is -2.30. The van der Waals surface area contributed by atoms with Crippen LogP contribution < -0.4 is 10.3 Å². The molecule has 1 aliphatic rings. The summed E-state index contributed by atoms with van der Waals surface area (Å²) in [6.07, 6.45) is 1.62.